The highest BCUT2D eigenvalue weighted by molar-refractivity contribution is 5.98. The molecule has 1 amide bonds. The maximum absolute atomic E-state index is 13.5. The highest BCUT2D eigenvalue weighted by Gasteiger charge is 2.41. The van der Waals surface area contributed by atoms with Crippen LogP contribution in [0.1, 0.15) is 28.5 Å². The van der Waals surface area contributed by atoms with Gasteiger partial charge in [-0.3, -0.25) is 14.5 Å². The van der Waals surface area contributed by atoms with Gasteiger partial charge in [0.2, 0.25) is 0 Å². The van der Waals surface area contributed by atoms with Gasteiger partial charge >= 0.3 is 6.36 Å². The molecule has 1 aliphatic heterocycles. The van der Waals surface area contributed by atoms with Crippen molar-refractivity contribution in [1.29, 1.82) is 0 Å². The van der Waals surface area contributed by atoms with Crippen LogP contribution in [0, 0.1) is 0 Å². The van der Waals surface area contributed by atoms with Crippen molar-refractivity contribution in [3.8, 4) is 11.5 Å². The minimum atomic E-state index is -4.80. The zero-order valence-corrected chi connectivity index (χ0v) is 17.2. The van der Waals surface area contributed by atoms with Gasteiger partial charge in [0.25, 0.3) is 5.91 Å². The molecule has 1 saturated heterocycles. The first-order valence-electron chi connectivity index (χ1n) is 9.81. The summed E-state index contributed by atoms with van der Waals surface area (Å²) in [6.45, 7) is -1.14. The summed E-state index contributed by atoms with van der Waals surface area (Å²) in [4.78, 5) is 19.0. The lowest BCUT2D eigenvalue weighted by Gasteiger charge is -2.41. The Balaban J connectivity index is 1.89. The van der Waals surface area contributed by atoms with Gasteiger partial charge in [-0.2, -0.15) is 0 Å². The SMILES string of the molecule is COc1cccc(C(=O)N2CC[C@@H](O)[C@H](O)C2c2ccccn2)c1OCCOC(F)(F)F. The maximum Gasteiger partial charge on any atom is 0.522 e. The molecule has 1 aromatic carbocycles. The van der Waals surface area contributed by atoms with Gasteiger partial charge in [-0.15, -0.1) is 13.2 Å². The number of hydrogen-bond acceptors (Lipinski definition) is 7. The molecular formula is C21H23F3N2O6. The van der Waals surface area contributed by atoms with Crippen LogP contribution in [0.2, 0.25) is 0 Å². The molecule has 1 unspecified atom stereocenters. The largest absolute Gasteiger partial charge is 0.522 e. The predicted octanol–water partition coefficient (Wildman–Crippen LogP) is 2.31. The van der Waals surface area contributed by atoms with Crippen LogP contribution < -0.4 is 9.47 Å². The van der Waals surface area contributed by atoms with Crippen LogP contribution in [0.15, 0.2) is 42.6 Å². The van der Waals surface area contributed by atoms with E-state index in [9.17, 15) is 28.2 Å². The molecule has 2 heterocycles. The Morgan fingerprint density at radius 3 is 2.62 bits per heavy atom. The number of aliphatic hydroxyl groups excluding tert-OH is 2. The molecule has 32 heavy (non-hydrogen) atoms. The van der Waals surface area contributed by atoms with Gasteiger partial charge in [-0.25, -0.2) is 0 Å². The van der Waals surface area contributed by atoms with Crippen molar-refractivity contribution >= 4 is 5.91 Å². The fraction of sp³-hybridized carbons (Fsp3) is 0.429. The van der Waals surface area contributed by atoms with Crippen LogP contribution in [-0.4, -0.2) is 71.4 Å². The third-order valence-corrected chi connectivity index (χ3v) is 5.00. The first kappa shape index (κ1) is 23.8. The summed E-state index contributed by atoms with van der Waals surface area (Å²) in [6, 6.07) is 8.55. The molecule has 1 fully saturated rings. The van der Waals surface area contributed by atoms with Crippen molar-refractivity contribution in [2.24, 2.45) is 0 Å². The molecule has 8 nitrogen and oxygen atoms in total. The fourth-order valence-corrected chi connectivity index (χ4v) is 3.54. The first-order chi connectivity index (χ1) is 15.2. The number of aliphatic hydroxyl groups is 2. The quantitative estimate of drug-likeness (QED) is 0.617. The highest BCUT2D eigenvalue weighted by atomic mass is 19.4. The number of aromatic nitrogens is 1. The third kappa shape index (κ3) is 5.47. The third-order valence-electron chi connectivity index (χ3n) is 5.00. The summed E-state index contributed by atoms with van der Waals surface area (Å²) in [5.41, 5.74) is 0.414. The number of hydrogen-bond donors (Lipinski definition) is 2. The van der Waals surface area contributed by atoms with E-state index in [0.29, 0.717) is 5.69 Å². The van der Waals surface area contributed by atoms with Crippen molar-refractivity contribution in [1.82, 2.24) is 9.88 Å². The number of likely N-dealkylation sites (tertiary alicyclic amines) is 1. The molecule has 0 bridgehead atoms. The van der Waals surface area contributed by atoms with Crippen LogP contribution in [-0.2, 0) is 4.74 Å². The van der Waals surface area contributed by atoms with E-state index in [-0.39, 0.29) is 30.0 Å². The molecule has 2 aromatic rings. The Bertz CT molecular complexity index is 912. The zero-order valence-electron chi connectivity index (χ0n) is 17.2. The van der Waals surface area contributed by atoms with E-state index >= 15 is 0 Å². The summed E-state index contributed by atoms with van der Waals surface area (Å²) in [5.74, 6) is -0.460. The summed E-state index contributed by atoms with van der Waals surface area (Å²) in [5, 5.41) is 20.8. The number of benzene rings is 1. The molecule has 0 radical (unpaired) electrons. The monoisotopic (exact) mass is 456 g/mol. The Morgan fingerprint density at radius 2 is 1.97 bits per heavy atom. The maximum atomic E-state index is 13.5. The number of ether oxygens (including phenoxy) is 3. The number of nitrogens with zero attached hydrogens (tertiary/aromatic N) is 2. The van der Waals surface area contributed by atoms with E-state index in [4.69, 9.17) is 9.47 Å². The van der Waals surface area contributed by atoms with Crippen molar-refractivity contribution in [2.75, 3.05) is 26.9 Å². The van der Waals surface area contributed by atoms with E-state index in [1.807, 2.05) is 0 Å². The lowest BCUT2D eigenvalue weighted by atomic mass is 9.92. The number of alkyl halides is 3. The number of rotatable bonds is 7. The number of pyridine rings is 1. The van der Waals surface area contributed by atoms with Gasteiger partial charge in [-0.1, -0.05) is 12.1 Å². The Morgan fingerprint density at radius 1 is 1.19 bits per heavy atom. The van der Waals surface area contributed by atoms with Crippen molar-refractivity contribution in [2.45, 2.75) is 31.0 Å². The second-order valence-electron chi connectivity index (χ2n) is 7.02. The van der Waals surface area contributed by atoms with E-state index in [2.05, 4.69) is 9.72 Å². The minimum absolute atomic E-state index is 0.0286. The lowest BCUT2D eigenvalue weighted by Crippen LogP contribution is -2.51. The summed E-state index contributed by atoms with van der Waals surface area (Å²) >= 11 is 0. The Hall–Kier alpha value is -2.89. The van der Waals surface area contributed by atoms with Crippen LogP contribution >= 0.6 is 0 Å². The number of para-hydroxylation sites is 1. The summed E-state index contributed by atoms with van der Waals surface area (Å²) in [6.07, 6.45) is -5.49. The Kier molecular flexibility index (Phi) is 7.54. The summed E-state index contributed by atoms with van der Waals surface area (Å²) < 4.78 is 51.1. The van der Waals surface area contributed by atoms with Gasteiger partial charge < -0.3 is 24.6 Å². The van der Waals surface area contributed by atoms with Crippen LogP contribution in [0.3, 0.4) is 0 Å². The average molecular weight is 456 g/mol. The molecule has 1 aromatic heterocycles. The minimum Gasteiger partial charge on any atom is -0.493 e. The number of carbonyl (C=O) groups excluding carboxylic acids is 1. The van der Waals surface area contributed by atoms with Gasteiger partial charge in [0.05, 0.1) is 31.1 Å². The standard InChI is InChI=1S/C21H23F3N2O6/c1-30-16-7-4-5-13(19(16)31-11-12-32-21(22,23)24)20(29)26-10-8-15(27)18(28)17(26)14-6-2-3-9-25-14/h2-7,9,15,17-18,27-28H,8,10-12H2,1H3/t15-,17?,18+/m1/s1. The van der Waals surface area contributed by atoms with Crippen LogP contribution in [0.25, 0.3) is 0 Å². The lowest BCUT2D eigenvalue weighted by molar-refractivity contribution is -0.325. The van der Waals surface area contributed by atoms with Gasteiger partial charge in [-0.05, 0) is 30.7 Å². The Labute approximate surface area is 182 Å². The van der Waals surface area contributed by atoms with E-state index in [0.717, 1.165) is 0 Å². The number of methoxy groups -OCH3 is 1. The van der Waals surface area contributed by atoms with E-state index in [1.165, 1.54) is 36.4 Å². The second kappa shape index (κ2) is 10.2. The zero-order chi connectivity index (χ0) is 23.3. The molecule has 2 N–H and O–H groups in total. The molecule has 0 spiro atoms. The normalized spacial score (nSPS) is 21.3. The molecule has 3 rings (SSSR count). The van der Waals surface area contributed by atoms with E-state index < -0.39 is 43.7 Å². The molecule has 3 atom stereocenters. The average Bonchev–Trinajstić information content (AvgIpc) is 2.77. The van der Waals surface area contributed by atoms with Crippen LogP contribution in [0.5, 0.6) is 11.5 Å². The van der Waals surface area contributed by atoms with Crippen molar-refractivity contribution < 1.29 is 42.4 Å². The van der Waals surface area contributed by atoms with Gasteiger partial charge in [0.1, 0.15) is 18.8 Å². The topological polar surface area (TPSA) is 101 Å². The molecular weight excluding hydrogens is 433 g/mol. The molecule has 0 aliphatic carbocycles. The molecule has 11 heteroatoms. The van der Waals surface area contributed by atoms with Crippen molar-refractivity contribution in [3.63, 3.8) is 0 Å². The smallest absolute Gasteiger partial charge is 0.493 e. The van der Waals surface area contributed by atoms with Crippen LogP contribution in [0.4, 0.5) is 13.2 Å². The number of piperidine rings is 1. The number of halogens is 3. The predicted molar refractivity (Wildman–Crippen MR) is 105 cm³/mol. The highest BCUT2D eigenvalue weighted by Crippen LogP contribution is 2.36. The number of amides is 1. The van der Waals surface area contributed by atoms with Crippen molar-refractivity contribution in [3.05, 3.63) is 53.9 Å². The second-order valence-corrected chi connectivity index (χ2v) is 7.02. The summed E-state index contributed by atoms with van der Waals surface area (Å²) in [7, 11) is 1.33. The number of carbonyl (C=O) groups is 1. The fourth-order valence-electron chi connectivity index (χ4n) is 3.54. The van der Waals surface area contributed by atoms with E-state index in [1.54, 1.807) is 18.2 Å². The van der Waals surface area contributed by atoms with Gasteiger partial charge in [0, 0.05) is 12.7 Å². The first-order valence-corrected chi connectivity index (χ1v) is 9.81. The molecule has 174 valence electrons. The van der Waals surface area contributed by atoms with Gasteiger partial charge in [0.15, 0.2) is 11.5 Å². The molecule has 0 saturated carbocycles. The molecule has 1 aliphatic rings.